The number of nitrogens with zero attached hydrogens (tertiary/aromatic N) is 2. The SMILES string of the molecule is NCC1(NC(=O)c2csnn2)CCCC1. The molecule has 1 aliphatic rings. The van der Waals surface area contributed by atoms with Gasteiger partial charge in [0, 0.05) is 11.9 Å². The van der Waals surface area contributed by atoms with Gasteiger partial charge in [-0.25, -0.2) is 0 Å². The van der Waals surface area contributed by atoms with Gasteiger partial charge in [0.1, 0.15) is 0 Å². The van der Waals surface area contributed by atoms with Crippen molar-refractivity contribution >= 4 is 17.4 Å². The first kappa shape index (κ1) is 10.5. The molecule has 0 aliphatic heterocycles. The summed E-state index contributed by atoms with van der Waals surface area (Å²) in [4.78, 5) is 11.8. The van der Waals surface area contributed by atoms with E-state index < -0.39 is 0 Å². The summed E-state index contributed by atoms with van der Waals surface area (Å²) in [5.74, 6) is -0.156. The summed E-state index contributed by atoms with van der Waals surface area (Å²) in [7, 11) is 0. The normalized spacial score (nSPS) is 19.0. The van der Waals surface area contributed by atoms with Gasteiger partial charge in [0.25, 0.3) is 5.91 Å². The van der Waals surface area contributed by atoms with Crippen LogP contribution in [0.2, 0.25) is 0 Å². The van der Waals surface area contributed by atoms with Crippen LogP contribution in [0.4, 0.5) is 0 Å². The predicted octanol–water partition coefficient (Wildman–Crippen LogP) is 0.539. The zero-order valence-electron chi connectivity index (χ0n) is 8.40. The second-order valence-electron chi connectivity index (χ2n) is 3.94. The zero-order valence-corrected chi connectivity index (χ0v) is 9.22. The summed E-state index contributed by atoms with van der Waals surface area (Å²) in [6.07, 6.45) is 4.19. The topological polar surface area (TPSA) is 80.9 Å². The average Bonchev–Trinajstić information content (AvgIpc) is 2.88. The quantitative estimate of drug-likeness (QED) is 0.788. The number of carbonyl (C=O) groups is 1. The third-order valence-corrected chi connectivity index (χ3v) is 3.43. The molecule has 82 valence electrons. The highest BCUT2D eigenvalue weighted by Gasteiger charge is 2.34. The van der Waals surface area contributed by atoms with Crippen molar-refractivity contribution < 1.29 is 4.79 Å². The van der Waals surface area contributed by atoms with Crippen molar-refractivity contribution in [3.05, 3.63) is 11.1 Å². The highest BCUT2D eigenvalue weighted by atomic mass is 32.1. The van der Waals surface area contributed by atoms with Gasteiger partial charge in [0.2, 0.25) is 0 Å². The molecule has 0 bridgehead atoms. The lowest BCUT2D eigenvalue weighted by atomic mass is 9.98. The van der Waals surface area contributed by atoms with Gasteiger partial charge in [-0.3, -0.25) is 4.79 Å². The summed E-state index contributed by atoms with van der Waals surface area (Å²) < 4.78 is 3.67. The summed E-state index contributed by atoms with van der Waals surface area (Å²) in [6.45, 7) is 0.496. The molecule has 3 N–H and O–H groups in total. The smallest absolute Gasteiger partial charge is 0.273 e. The van der Waals surface area contributed by atoms with Crippen molar-refractivity contribution in [2.24, 2.45) is 5.73 Å². The number of carbonyl (C=O) groups excluding carboxylic acids is 1. The number of amides is 1. The minimum absolute atomic E-state index is 0.156. The van der Waals surface area contributed by atoms with Crippen LogP contribution in [0.15, 0.2) is 5.38 Å². The Morgan fingerprint density at radius 1 is 1.60 bits per heavy atom. The molecule has 6 heteroatoms. The maximum absolute atomic E-state index is 11.8. The predicted molar refractivity (Wildman–Crippen MR) is 57.6 cm³/mol. The van der Waals surface area contributed by atoms with E-state index in [0.29, 0.717) is 12.2 Å². The lowest BCUT2D eigenvalue weighted by Crippen LogP contribution is -2.51. The molecule has 1 amide bonds. The van der Waals surface area contributed by atoms with Gasteiger partial charge in [0.05, 0.1) is 5.54 Å². The molecular formula is C9H14N4OS. The van der Waals surface area contributed by atoms with Crippen LogP contribution < -0.4 is 11.1 Å². The Hall–Kier alpha value is -1.01. The molecular weight excluding hydrogens is 212 g/mol. The van der Waals surface area contributed by atoms with Crippen LogP contribution in [-0.4, -0.2) is 27.6 Å². The van der Waals surface area contributed by atoms with E-state index in [1.54, 1.807) is 5.38 Å². The van der Waals surface area contributed by atoms with Gasteiger partial charge in [0.15, 0.2) is 5.69 Å². The average molecular weight is 226 g/mol. The molecule has 0 aromatic carbocycles. The molecule has 0 saturated heterocycles. The first-order valence-electron chi connectivity index (χ1n) is 5.05. The molecule has 1 saturated carbocycles. The van der Waals surface area contributed by atoms with Gasteiger partial charge < -0.3 is 11.1 Å². The fourth-order valence-electron chi connectivity index (χ4n) is 2.00. The lowest BCUT2D eigenvalue weighted by Gasteiger charge is -2.28. The van der Waals surface area contributed by atoms with Crippen LogP contribution in [0.1, 0.15) is 36.2 Å². The third-order valence-electron chi connectivity index (χ3n) is 2.92. The lowest BCUT2D eigenvalue weighted by molar-refractivity contribution is 0.0898. The van der Waals surface area contributed by atoms with E-state index in [-0.39, 0.29) is 11.4 Å². The third kappa shape index (κ3) is 2.15. The number of rotatable bonds is 3. The number of hydrogen-bond donors (Lipinski definition) is 2. The van der Waals surface area contributed by atoms with Crippen LogP contribution >= 0.6 is 11.5 Å². The van der Waals surface area contributed by atoms with Crippen LogP contribution in [0, 0.1) is 0 Å². The Bertz CT molecular complexity index is 332. The van der Waals surface area contributed by atoms with E-state index in [1.807, 2.05) is 0 Å². The Labute approximate surface area is 92.2 Å². The van der Waals surface area contributed by atoms with Crippen molar-refractivity contribution in [3.8, 4) is 0 Å². The molecule has 1 aromatic heterocycles. The Morgan fingerprint density at radius 2 is 2.33 bits per heavy atom. The van der Waals surface area contributed by atoms with E-state index in [0.717, 1.165) is 25.7 Å². The second kappa shape index (κ2) is 4.24. The number of aromatic nitrogens is 2. The maximum Gasteiger partial charge on any atom is 0.273 e. The van der Waals surface area contributed by atoms with Crippen molar-refractivity contribution in [1.82, 2.24) is 14.9 Å². The largest absolute Gasteiger partial charge is 0.344 e. The number of nitrogens with two attached hydrogens (primary N) is 1. The standard InChI is InChI=1S/C9H14N4OS/c10-6-9(3-1-2-4-9)11-8(14)7-5-15-13-12-7/h5H,1-4,6,10H2,(H,11,14). The molecule has 0 unspecified atom stereocenters. The minimum atomic E-state index is -0.208. The van der Waals surface area contributed by atoms with Crippen molar-refractivity contribution in [1.29, 1.82) is 0 Å². The zero-order chi connectivity index (χ0) is 10.7. The van der Waals surface area contributed by atoms with E-state index in [2.05, 4.69) is 14.9 Å². The van der Waals surface area contributed by atoms with Crippen LogP contribution in [-0.2, 0) is 0 Å². The fraction of sp³-hybridized carbons (Fsp3) is 0.667. The van der Waals surface area contributed by atoms with Crippen LogP contribution in [0.3, 0.4) is 0 Å². The van der Waals surface area contributed by atoms with Gasteiger partial charge in [-0.1, -0.05) is 17.3 Å². The van der Waals surface area contributed by atoms with Crippen LogP contribution in [0.25, 0.3) is 0 Å². The number of nitrogens with one attached hydrogen (secondary N) is 1. The molecule has 5 nitrogen and oxygen atoms in total. The highest BCUT2D eigenvalue weighted by Crippen LogP contribution is 2.28. The summed E-state index contributed by atoms with van der Waals surface area (Å²) >= 11 is 1.18. The summed E-state index contributed by atoms with van der Waals surface area (Å²) in [5.41, 5.74) is 5.90. The number of hydrogen-bond acceptors (Lipinski definition) is 5. The highest BCUT2D eigenvalue weighted by molar-refractivity contribution is 7.03. The van der Waals surface area contributed by atoms with Gasteiger partial charge in [-0.15, -0.1) is 5.10 Å². The Morgan fingerprint density at radius 3 is 2.87 bits per heavy atom. The molecule has 2 rings (SSSR count). The van der Waals surface area contributed by atoms with Crippen LogP contribution in [0.5, 0.6) is 0 Å². The van der Waals surface area contributed by atoms with Gasteiger partial charge in [-0.2, -0.15) is 0 Å². The molecule has 15 heavy (non-hydrogen) atoms. The molecule has 0 atom stereocenters. The second-order valence-corrected chi connectivity index (χ2v) is 4.55. The van der Waals surface area contributed by atoms with E-state index in [9.17, 15) is 4.79 Å². The molecule has 1 heterocycles. The first-order valence-corrected chi connectivity index (χ1v) is 5.89. The Balaban J connectivity index is 2.04. The summed E-state index contributed by atoms with van der Waals surface area (Å²) in [5, 5.41) is 8.37. The molecule has 0 radical (unpaired) electrons. The molecule has 1 aliphatic carbocycles. The van der Waals surface area contributed by atoms with Gasteiger partial charge >= 0.3 is 0 Å². The Kier molecular flexibility index (Phi) is 2.97. The molecule has 1 aromatic rings. The maximum atomic E-state index is 11.8. The van der Waals surface area contributed by atoms with Crippen molar-refractivity contribution in [2.45, 2.75) is 31.2 Å². The summed E-state index contributed by atoms with van der Waals surface area (Å²) in [6, 6.07) is 0. The van der Waals surface area contributed by atoms with Crippen molar-refractivity contribution in [2.75, 3.05) is 6.54 Å². The van der Waals surface area contributed by atoms with Gasteiger partial charge in [-0.05, 0) is 24.4 Å². The van der Waals surface area contributed by atoms with Crippen molar-refractivity contribution in [3.63, 3.8) is 0 Å². The first-order chi connectivity index (χ1) is 7.26. The van der Waals surface area contributed by atoms with E-state index >= 15 is 0 Å². The molecule has 0 spiro atoms. The van der Waals surface area contributed by atoms with E-state index in [4.69, 9.17) is 5.73 Å². The molecule has 1 fully saturated rings. The monoisotopic (exact) mass is 226 g/mol. The fourth-order valence-corrected chi connectivity index (χ4v) is 2.44. The minimum Gasteiger partial charge on any atom is -0.344 e. The van der Waals surface area contributed by atoms with E-state index in [1.165, 1.54) is 11.5 Å².